The van der Waals surface area contributed by atoms with Crippen molar-refractivity contribution in [3.05, 3.63) is 0 Å². The molecule has 1 unspecified atom stereocenters. The van der Waals surface area contributed by atoms with Crippen molar-refractivity contribution < 1.29 is 9.84 Å². The van der Waals surface area contributed by atoms with E-state index in [9.17, 15) is 5.11 Å². The van der Waals surface area contributed by atoms with Crippen LogP contribution in [0.1, 0.15) is 26.7 Å². The number of ether oxygens (including phenoxy) is 1. The lowest BCUT2D eigenvalue weighted by atomic mass is 10.1. The van der Waals surface area contributed by atoms with Gasteiger partial charge < -0.3 is 4.74 Å². The van der Waals surface area contributed by atoms with Gasteiger partial charge in [-0.15, -0.1) is 0 Å². The first-order valence-corrected chi connectivity index (χ1v) is 3.97. The van der Waals surface area contributed by atoms with Gasteiger partial charge >= 0.3 is 0 Å². The second-order valence-corrected chi connectivity index (χ2v) is 2.65. The average Bonchev–Trinajstić information content (AvgIpc) is 1.98. The van der Waals surface area contributed by atoms with E-state index in [1.54, 1.807) is 0 Å². The third-order valence-electron chi connectivity index (χ3n) is 1.53. The molecule has 0 aromatic carbocycles. The standard InChI is InChI=1S/C8H17O2/c1-3-8(2)7-10-6-4-5-9/h8H,3-7H2,1-2H3. The van der Waals surface area contributed by atoms with Gasteiger partial charge in [-0.1, -0.05) is 20.3 Å². The highest BCUT2D eigenvalue weighted by Crippen LogP contribution is 2.00. The first-order valence-electron chi connectivity index (χ1n) is 3.97. The number of rotatable bonds is 6. The Kier molecular flexibility index (Phi) is 6.98. The van der Waals surface area contributed by atoms with Gasteiger partial charge in [-0.2, -0.15) is 0 Å². The van der Waals surface area contributed by atoms with Crippen LogP contribution in [0.15, 0.2) is 0 Å². The van der Waals surface area contributed by atoms with E-state index in [4.69, 9.17) is 4.74 Å². The molecule has 1 radical (unpaired) electrons. The molecule has 2 nitrogen and oxygen atoms in total. The molecule has 1 atom stereocenters. The lowest BCUT2D eigenvalue weighted by Crippen LogP contribution is -2.06. The molecule has 0 fully saturated rings. The van der Waals surface area contributed by atoms with Crippen molar-refractivity contribution >= 4 is 0 Å². The van der Waals surface area contributed by atoms with Gasteiger partial charge in [-0.3, -0.25) is 0 Å². The molecule has 0 saturated heterocycles. The van der Waals surface area contributed by atoms with E-state index in [1.807, 2.05) is 0 Å². The van der Waals surface area contributed by atoms with E-state index in [0.717, 1.165) is 13.0 Å². The van der Waals surface area contributed by atoms with E-state index in [2.05, 4.69) is 13.8 Å². The van der Waals surface area contributed by atoms with Crippen LogP contribution in [-0.2, 0) is 9.84 Å². The SMILES string of the molecule is CCC(C)COCCC[O]. The summed E-state index contributed by atoms with van der Waals surface area (Å²) in [7, 11) is 0. The van der Waals surface area contributed by atoms with Crippen molar-refractivity contribution in [3.8, 4) is 0 Å². The molecule has 0 aromatic rings. The summed E-state index contributed by atoms with van der Waals surface area (Å²) in [6.45, 7) is 5.71. The first kappa shape index (κ1) is 9.92. The van der Waals surface area contributed by atoms with Gasteiger partial charge in [-0.05, 0) is 12.3 Å². The van der Waals surface area contributed by atoms with Crippen LogP contribution in [0, 0.1) is 5.92 Å². The molecule has 0 aliphatic heterocycles. The lowest BCUT2D eigenvalue weighted by molar-refractivity contribution is 0.0787. The van der Waals surface area contributed by atoms with Crippen LogP contribution < -0.4 is 0 Å². The van der Waals surface area contributed by atoms with Crippen LogP contribution in [0.4, 0.5) is 0 Å². The molecule has 0 spiro atoms. The van der Waals surface area contributed by atoms with Gasteiger partial charge in [-0.25, -0.2) is 5.11 Å². The van der Waals surface area contributed by atoms with Gasteiger partial charge in [0.1, 0.15) is 0 Å². The zero-order chi connectivity index (χ0) is 7.82. The van der Waals surface area contributed by atoms with E-state index in [-0.39, 0.29) is 6.61 Å². The summed E-state index contributed by atoms with van der Waals surface area (Å²) in [5, 5.41) is 9.96. The first-order chi connectivity index (χ1) is 4.81. The van der Waals surface area contributed by atoms with Crippen molar-refractivity contribution in [2.24, 2.45) is 5.92 Å². The van der Waals surface area contributed by atoms with Gasteiger partial charge in [0, 0.05) is 13.2 Å². The van der Waals surface area contributed by atoms with Crippen LogP contribution >= 0.6 is 0 Å². The molecule has 2 heteroatoms. The van der Waals surface area contributed by atoms with Gasteiger partial charge in [0.25, 0.3) is 0 Å². The molecular weight excluding hydrogens is 128 g/mol. The van der Waals surface area contributed by atoms with E-state index in [1.165, 1.54) is 0 Å². The summed E-state index contributed by atoms with van der Waals surface area (Å²) in [4.78, 5) is 0. The fourth-order valence-corrected chi connectivity index (χ4v) is 0.563. The van der Waals surface area contributed by atoms with Crippen LogP contribution in [0.25, 0.3) is 0 Å². The van der Waals surface area contributed by atoms with Crippen molar-refractivity contribution in [2.45, 2.75) is 26.7 Å². The monoisotopic (exact) mass is 145 g/mol. The van der Waals surface area contributed by atoms with Crippen molar-refractivity contribution in [1.82, 2.24) is 0 Å². The molecule has 0 N–H and O–H groups in total. The number of hydrogen-bond acceptors (Lipinski definition) is 1. The maximum atomic E-state index is 9.96. The fraction of sp³-hybridized carbons (Fsp3) is 1.00. The Bertz CT molecular complexity index is 64.3. The highest BCUT2D eigenvalue weighted by Gasteiger charge is 1.96. The Hall–Kier alpha value is -0.0800. The summed E-state index contributed by atoms with van der Waals surface area (Å²) in [6, 6.07) is 0. The molecule has 10 heavy (non-hydrogen) atoms. The average molecular weight is 145 g/mol. The second-order valence-electron chi connectivity index (χ2n) is 2.65. The van der Waals surface area contributed by atoms with Gasteiger partial charge in [0.15, 0.2) is 0 Å². The van der Waals surface area contributed by atoms with Gasteiger partial charge in [0.05, 0.1) is 6.61 Å². The third-order valence-corrected chi connectivity index (χ3v) is 1.53. The third kappa shape index (κ3) is 6.05. The lowest BCUT2D eigenvalue weighted by Gasteiger charge is -2.07. The molecule has 0 rings (SSSR count). The second kappa shape index (κ2) is 7.03. The minimum Gasteiger partial charge on any atom is -0.381 e. The molecule has 0 amide bonds. The minimum atomic E-state index is -0.0134. The maximum Gasteiger partial charge on any atom is 0.0844 e. The van der Waals surface area contributed by atoms with E-state index < -0.39 is 0 Å². The molecule has 0 saturated carbocycles. The topological polar surface area (TPSA) is 29.1 Å². The maximum absolute atomic E-state index is 9.96. The smallest absolute Gasteiger partial charge is 0.0844 e. The van der Waals surface area contributed by atoms with E-state index in [0.29, 0.717) is 18.9 Å². The Balaban J connectivity index is 2.89. The highest BCUT2D eigenvalue weighted by atomic mass is 16.5. The van der Waals surface area contributed by atoms with Crippen molar-refractivity contribution in [2.75, 3.05) is 19.8 Å². The Labute approximate surface area is 63.2 Å². The van der Waals surface area contributed by atoms with Crippen molar-refractivity contribution in [1.29, 1.82) is 0 Å². The molecule has 0 aromatic heterocycles. The molecule has 0 aliphatic carbocycles. The highest BCUT2D eigenvalue weighted by molar-refractivity contribution is 4.45. The van der Waals surface area contributed by atoms with Crippen molar-refractivity contribution in [3.63, 3.8) is 0 Å². The largest absolute Gasteiger partial charge is 0.381 e. The summed E-state index contributed by atoms with van der Waals surface area (Å²) in [6.07, 6.45) is 1.80. The van der Waals surface area contributed by atoms with Crippen LogP contribution in [0.2, 0.25) is 0 Å². The molecule has 61 valence electrons. The van der Waals surface area contributed by atoms with E-state index >= 15 is 0 Å². The molecular formula is C8H17O2. The van der Waals surface area contributed by atoms with Crippen LogP contribution in [-0.4, -0.2) is 19.8 Å². The summed E-state index contributed by atoms with van der Waals surface area (Å²) in [5.74, 6) is 0.631. The zero-order valence-electron chi connectivity index (χ0n) is 6.93. The summed E-state index contributed by atoms with van der Waals surface area (Å²) < 4.78 is 5.23. The summed E-state index contributed by atoms with van der Waals surface area (Å²) >= 11 is 0. The fourth-order valence-electron chi connectivity index (χ4n) is 0.563. The molecule has 0 bridgehead atoms. The molecule has 0 heterocycles. The number of hydrogen-bond donors (Lipinski definition) is 0. The predicted octanol–water partition coefficient (Wildman–Crippen LogP) is 1.87. The minimum absolute atomic E-state index is 0.0134. The quantitative estimate of drug-likeness (QED) is 0.524. The predicted molar refractivity (Wildman–Crippen MR) is 40.4 cm³/mol. The Morgan fingerprint density at radius 2 is 2.20 bits per heavy atom. The Morgan fingerprint density at radius 1 is 1.50 bits per heavy atom. The zero-order valence-corrected chi connectivity index (χ0v) is 6.93. The normalized spacial score (nSPS) is 13.5. The van der Waals surface area contributed by atoms with Crippen LogP contribution in [0.5, 0.6) is 0 Å². The van der Waals surface area contributed by atoms with Gasteiger partial charge in [0.2, 0.25) is 0 Å². The summed E-state index contributed by atoms with van der Waals surface area (Å²) in [5.41, 5.74) is 0. The Morgan fingerprint density at radius 3 is 2.70 bits per heavy atom. The molecule has 0 aliphatic rings. The van der Waals surface area contributed by atoms with Crippen LogP contribution in [0.3, 0.4) is 0 Å².